The number of carbonyl (C=O) groups is 1. The molecule has 1 atom stereocenters. The van der Waals surface area contributed by atoms with Crippen LogP contribution in [0.1, 0.15) is 22.9 Å². The lowest BCUT2D eigenvalue weighted by Gasteiger charge is -2.30. The van der Waals surface area contributed by atoms with Crippen molar-refractivity contribution in [1.29, 1.82) is 0 Å². The van der Waals surface area contributed by atoms with Gasteiger partial charge < -0.3 is 10.2 Å². The van der Waals surface area contributed by atoms with E-state index in [2.05, 4.69) is 15.5 Å². The number of amides is 1. The second kappa shape index (κ2) is 7.94. The Morgan fingerprint density at radius 3 is 2.63 bits per heavy atom. The van der Waals surface area contributed by atoms with Crippen LogP contribution in [0.5, 0.6) is 0 Å². The van der Waals surface area contributed by atoms with E-state index < -0.39 is 0 Å². The van der Waals surface area contributed by atoms with Crippen LogP contribution in [0, 0.1) is 0 Å². The van der Waals surface area contributed by atoms with Crippen molar-refractivity contribution in [3.8, 4) is 5.69 Å². The van der Waals surface area contributed by atoms with Gasteiger partial charge in [-0.1, -0.05) is 18.2 Å². The predicted octanol–water partition coefficient (Wildman–Crippen LogP) is 1.87. The van der Waals surface area contributed by atoms with Crippen LogP contribution in [0.25, 0.3) is 5.69 Å². The molecule has 1 amide bonds. The van der Waals surface area contributed by atoms with E-state index >= 15 is 0 Å². The number of nitrogens with zero attached hydrogens (tertiary/aromatic N) is 5. The quantitative estimate of drug-likeness (QED) is 0.743. The Morgan fingerprint density at radius 1 is 1.19 bits per heavy atom. The van der Waals surface area contributed by atoms with Crippen molar-refractivity contribution in [1.82, 2.24) is 29.8 Å². The Morgan fingerprint density at radius 2 is 1.96 bits per heavy atom. The summed E-state index contributed by atoms with van der Waals surface area (Å²) in [6.45, 7) is 1.27. The van der Waals surface area contributed by atoms with Gasteiger partial charge in [0.15, 0.2) is 0 Å². The number of aromatic nitrogens is 4. The van der Waals surface area contributed by atoms with Gasteiger partial charge in [0.2, 0.25) is 5.91 Å². The lowest BCUT2D eigenvalue weighted by molar-refractivity contribution is -0.134. The smallest absolute Gasteiger partial charge is 0.244 e. The van der Waals surface area contributed by atoms with Gasteiger partial charge in [0.1, 0.15) is 6.04 Å². The lowest BCUT2D eigenvalue weighted by atomic mass is 10.0. The van der Waals surface area contributed by atoms with Crippen molar-refractivity contribution in [3.63, 3.8) is 0 Å². The van der Waals surface area contributed by atoms with E-state index in [9.17, 15) is 4.79 Å². The maximum absolute atomic E-state index is 13.0. The molecule has 0 saturated carbocycles. The van der Waals surface area contributed by atoms with Crippen LogP contribution < -0.4 is 5.32 Å². The first-order chi connectivity index (χ1) is 12.7. The number of benzene rings is 1. The molecule has 27 heavy (non-hydrogen) atoms. The van der Waals surface area contributed by atoms with Gasteiger partial charge in [-0.15, -0.1) is 12.4 Å². The maximum Gasteiger partial charge on any atom is 0.244 e. The van der Waals surface area contributed by atoms with Crippen LogP contribution >= 0.6 is 12.4 Å². The standard InChI is InChI=1S/C19H22N6O.ClH/c1-20-18(15-11-21-23(2)12-15)19(26)24-9-8-17-14(13-24)10-22-25(17)16-6-4-3-5-7-16;/h3-7,10-12,18,20H,8-9,13H2,1-2H3;1H. The summed E-state index contributed by atoms with van der Waals surface area (Å²) in [4.78, 5) is 14.9. The van der Waals surface area contributed by atoms with Crippen molar-refractivity contribution in [3.05, 3.63) is 65.7 Å². The molecule has 0 radical (unpaired) electrons. The molecule has 3 aromatic rings. The Kier molecular flexibility index (Phi) is 5.62. The first-order valence-electron chi connectivity index (χ1n) is 8.73. The van der Waals surface area contributed by atoms with E-state index in [1.165, 1.54) is 5.69 Å². The summed E-state index contributed by atoms with van der Waals surface area (Å²) in [5.74, 6) is 0.0682. The van der Waals surface area contributed by atoms with Gasteiger partial charge in [0.05, 0.1) is 23.8 Å². The second-order valence-corrected chi connectivity index (χ2v) is 6.54. The summed E-state index contributed by atoms with van der Waals surface area (Å²) in [5, 5.41) is 11.8. The SMILES string of the molecule is CNC(C(=O)N1CCc2c(cnn2-c2ccccc2)C1)c1cnn(C)c1.Cl. The molecular formula is C19H23ClN6O. The Balaban J connectivity index is 0.00000210. The van der Waals surface area contributed by atoms with Crippen LogP contribution in [0.15, 0.2) is 48.9 Å². The van der Waals surface area contributed by atoms with E-state index in [0.717, 1.165) is 23.2 Å². The highest BCUT2D eigenvalue weighted by Gasteiger charge is 2.30. The number of halogens is 1. The van der Waals surface area contributed by atoms with E-state index in [1.807, 2.05) is 59.4 Å². The zero-order valence-electron chi connectivity index (χ0n) is 15.4. The Bertz CT molecular complexity index is 919. The number of likely N-dealkylation sites (N-methyl/N-ethyl adjacent to an activating group) is 1. The van der Waals surface area contributed by atoms with Gasteiger partial charge in [-0.05, 0) is 19.2 Å². The molecule has 0 spiro atoms. The molecule has 1 aromatic carbocycles. The lowest BCUT2D eigenvalue weighted by Crippen LogP contribution is -2.42. The fourth-order valence-corrected chi connectivity index (χ4v) is 3.52. The number of hydrogen-bond acceptors (Lipinski definition) is 4. The number of aryl methyl sites for hydroxylation is 1. The first kappa shape index (κ1) is 19.1. The van der Waals surface area contributed by atoms with Crippen molar-refractivity contribution >= 4 is 18.3 Å². The average Bonchev–Trinajstić information content (AvgIpc) is 3.29. The van der Waals surface area contributed by atoms with Crippen molar-refractivity contribution in [2.45, 2.75) is 19.0 Å². The summed E-state index contributed by atoms with van der Waals surface area (Å²) in [6, 6.07) is 9.72. The number of carbonyl (C=O) groups excluding carboxylic acids is 1. The third-order valence-corrected chi connectivity index (χ3v) is 4.84. The highest BCUT2D eigenvalue weighted by atomic mass is 35.5. The van der Waals surface area contributed by atoms with Gasteiger partial charge in [-0.2, -0.15) is 10.2 Å². The number of hydrogen-bond donors (Lipinski definition) is 1. The number of rotatable bonds is 4. The number of para-hydroxylation sites is 1. The highest BCUT2D eigenvalue weighted by Crippen LogP contribution is 2.24. The molecule has 2 aromatic heterocycles. The molecule has 3 heterocycles. The predicted molar refractivity (Wildman–Crippen MR) is 105 cm³/mol. The minimum absolute atomic E-state index is 0. The van der Waals surface area contributed by atoms with E-state index in [1.54, 1.807) is 17.9 Å². The van der Waals surface area contributed by atoms with Crippen LogP contribution in [0.4, 0.5) is 0 Å². The van der Waals surface area contributed by atoms with Gasteiger partial charge >= 0.3 is 0 Å². The third-order valence-electron chi connectivity index (χ3n) is 4.84. The van der Waals surface area contributed by atoms with Crippen LogP contribution in [-0.2, 0) is 24.8 Å². The highest BCUT2D eigenvalue weighted by molar-refractivity contribution is 5.85. The van der Waals surface area contributed by atoms with Gasteiger partial charge in [-0.3, -0.25) is 9.48 Å². The molecule has 1 unspecified atom stereocenters. The van der Waals surface area contributed by atoms with Crippen LogP contribution in [0.3, 0.4) is 0 Å². The molecule has 1 N–H and O–H groups in total. The van der Waals surface area contributed by atoms with Gasteiger partial charge in [0, 0.05) is 43.9 Å². The minimum atomic E-state index is -0.380. The fraction of sp³-hybridized carbons (Fsp3) is 0.316. The monoisotopic (exact) mass is 386 g/mol. The second-order valence-electron chi connectivity index (χ2n) is 6.54. The molecular weight excluding hydrogens is 364 g/mol. The van der Waals surface area contributed by atoms with Crippen molar-refractivity contribution in [2.75, 3.05) is 13.6 Å². The topological polar surface area (TPSA) is 68.0 Å². The molecule has 8 heteroatoms. The zero-order chi connectivity index (χ0) is 18.1. The van der Waals surface area contributed by atoms with Crippen molar-refractivity contribution < 1.29 is 4.79 Å². The average molecular weight is 387 g/mol. The third kappa shape index (κ3) is 3.61. The minimum Gasteiger partial charge on any atom is -0.336 e. The summed E-state index contributed by atoms with van der Waals surface area (Å²) in [7, 11) is 3.66. The summed E-state index contributed by atoms with van der Waals surface area (Å²) in [6.07, 6.45) is 6.28. The Labute approximate surface area is 164 Å². The summed E-state index contributed by atoms with van der Waals surface area (Å²) < 4.78 is 3.69. The van der Waals surface area contributed by atoms with E-state index in [4.69, 9.17) is 0 Å². The number of nitrogens with one attached hydrogen (secondary N) is 1. The van der Waals surface area contributed by atoms with Crippen LogP contribution in [-0.4, -0.2) is 44.0 Å². The van der Waals surface area contributed by atoms with E-state index in [0.29, 0.717) is 13.1 Å². The summed E-state index contributed by atoms with van der Waals surface area (Å²) in [5.41, 5.74) is 4.22. The largest absolute Gasteiger partial charge is 0.336 e. The van der Waals surface area contributed by atoms with Crippen LogP contribution in [0.2, 0.25) is 0 Å². The van der Waals surface area contributed by atoms with Gasteiger partial charge in [0.25, 0.3) is 0 Å². The van der Waals surface area contributed by atoms with Crippen molar-refractivity contribution in [2.24, 2.45) is 7.05 Å². The molecule has 0 bridgehead atoms. The molecule has 4 rings (SSSR count). The molecule has 7 nitrogen and oxygen atoms in total. The molecule has 1 aliphatic heterocycles. The molecule has 1 aliphatic rings. The fourth-order valence-electron chi connectivity index (χ4n) is 3.52. The molecule has 0 aliphatic carbocycles. The van der Waals surface area contributed by atoms with E-state index in [-0.39, 0.29) is 24.4 Å². The van der Waals surface area contributed by atoms with Gasteiger partial charge in [-0.25, -0.2) is 4.68 Å². The summed E-state index contributed by atoms with van der Waals surface area (Å²) >= 11 is 0. The number of fused-ring (bicyclic) bond motifs is 1. The molecule has 142 valence electrons. The molecule has 0 saturated heterocycles. The normalized spacial score (nSPS) is 14.4. The first-order valence-corrected chi connectivity index (χ1v) is 8.73. The Hall–Kier alpha value is -2.64. The molecule has 0 fully saturated rings. The zero-order valence-corrected chi connectivity index (χ0v) is 16.2. The maximum atomic E-state index is 13.0.